The van der Waals surface area contributed by atoms with Crippen molar-refractivity contribution in [3.05, 3.63) is 34.0 Å². The molecule has 1 saturated carbocycles. The van der Waals surface area contributed by atoms with Crippen LogP contribution >= 0.6 is 0 Å². The number of halogens is 3. The summed E-state index contributed by atoms with van der Waals surface area (Å²) in [6.07, 6.45) is -2.87. The predicted molar refractivity (Wildman–Crippen MR) is 98.4 cm³/mol. The van der Waals surface area contributed by atoms with E-state index in [-0.39, 0.29) is 42.7 Å². The Labute approximate surface area is 165 Å². The average Bonchev–Trinajstić information content (AvgIpc) is 3.48. The predicted octanol–water partition coefficient (Wildman–Crippen LogP) is 3.10. The Balaban J connectivity index is 2.01. The molecule has 3 rings (SSSR count). The Hall–Kier alpha value is -2.69. The summed E-state index contributed by atoms with van der Waals surface area (Å²) in [4.78, 5) is 20.4. The van der Waals surface area contributed by atoms with Gasteiger partial charge in [-0.05, 0) is 38.7 Å². The van der Waals surface area contributed by atoms with E-state index >= 15 is 0 Å². The summed E-state index contributed by atoms with van der Waals surface area (Å²) in [6, 6.07) is 2.16. The first kappa shape index (κ1) is 21.0. The second-order valence-corrected chi connectivity index (χ2v) is 6.72. The van der Waals surface area contributed by atoms with Crippen LogP contribution in [0, 0.1) is 12.8 Å². The van der Waals surface area contributed by atoms with Gasteiger partial charge in [0.1, 0.15) is 5.82 Å². The Morgan fingerprint density at radius 3 is 2.62 bits per heavy atom. The summed E-state index contributed by atoms with van der Waals surface area (Å²) in [6.45, 7) is 3.66. The molecule has 0 saturated heterocycles. The van der Waals surface area contributed by atoms with Gasteiger partial charge in [-0.2, -0.15) is 18.3 Å². The van der Waals surface area contributed by atoms with E-state index in [1.807, 2.05) is 0 Å². The van der Waals surface area contributed by atoms with Crippen molar-refractivity contribution in [1.82, 2.24) is 19.7 Å². The van der Waals surface area contributed by atoms with Crippen LogP contribution < -0.4 is 15.6 Å². The maximum Gasteiger partial charge on any atom is 0.435 e. The van der Waals surface area contributed by atoms with Gasteiger partial charge in [-0.25, -0.2) is 14.6 Å². The molecule has 0 aliphatic heterocycles. The maximum atomic E-state index is 13.5. The molecule has 1 fully saturated rings. The zero-order chi connectivity index (χ0) is 21.2. The fourth-order valence-corrected chi connectivity index (χ4v) is 3.02. The van der Waals surface area contributed by atoms with Crippen LogP contribution in [0.4, 0.5) is 24.7 Å². The van der Waals surface area contributed by atoms with Crippen LogP contribution in [-0.2, 0) is 10.9 Å². The van der Waals surface area contributed by atoms with E-state index in [1.54, 1.807) is 13.8 Å². The largest absolute Gasteiger partial charge is 0.478 e. The SMILES string of the molecule is CCOc1ccc(Nc2nc(C)nn([C@H](COC)C3CC3)c2=O)c(C(F)(F)F)n1. The van der Waals surface area contributed by atoms with Gasteiger partial charge in [0, 0.05) is 13.2 Å². The molecule has 2 aromatic rings. The standard InChI is InChI=1S/C18H22F3N5O3/c1-4-29-14-8-7-12(15(24-14)18(19,20)21)23-16-17(27)26(25-10(2)22-16)13(9-28-3)11-5-6-11/h7-8,11,13H,4-6,9H2,1-3H3,(H,22,23,25)/t13-/m1/s1. The van der Waals surface area contributed by atoms with Crippen molar-refractivity contribution in [3.8, 4) is 5.88 Å². The van der Waals surface area contributed by atoms with Crippen LogP contribution in [0.2, 0.25) is 0 Å². The first-order valence-electron chi connectivity index (χ1n) is 9.19. The van der Waals surface area contributed by atoms with Crippen molar-refractivity contribution in [2.75, 3.05) is 25.6 Å². The summed E-state index contributed by atoms with van der Waals surface area (Å²) < 4.78 is 52.0. The molecular formula is C18H22F3N5O3. The number of hydrogen-bond donors (Lipinski definition) is 1. The summed E-state index contributed by atoms with van der Waals surface area (Å²) in [7, 11) is 1.52. The van der Waals surface area contributed by atoms with Gasteiger partial charge in [-0.3, -0.25) is 4.79 Å². The molecule has 0 radical (unpaired) electrons. The highest BCUT2D eigenvalue weighted by atomic mass is 19.4. The molecule has 2 aromatic heterocycles. The maximum absolute atomic E-state index is 13.5. The highest BCUT2D eigenvalue weighted by molar-refractivity contribution is 5.59. The fraction of sp³-hybridized carbons (Fsp3) is 0.556. The molecule has 1 aliphatic carbocycles. The first-order chi connectivity index (χ1) is 13.7. The van der Waals surface area contributed by atoms with Gasteiger partial charge in [0.2, 0.25) is 11.7 Å². The van der Waals surface area contributed by atoms with E-state index < -0.39 is 23.1 Å². The van der Waals surface area contributed by atoms with Crippen LogP contribution in [0.3, 0.4) is 0 Å². The molecule has 1 N–H and O–H groups in total. The molecule has 2 heterocycles. The molecule has 0 amide bonds. The zero-order valence-electron chi connectivity index (χ0n) is 16.3. The molecule has 158 valence electrons. The number of alkyl halides is 3. The normalized spacial score (nSPS) is 15.2. The topological polar surface area (TPSA) is 91.2 Å². The van der Waals surface area contributed by atoms with E-state index in [0.717, 1.165) is 18.9 Å². The highest BCUT2D eigenvalue weighted by Crippen LogP contribution is 2.39. The van der Waals surface area contributed by atoms with Crippen molar-refractivity contribution in [2.24, 2.45) is 5.92 Å². The Bertz CT molecular complexity index is 928. The number of nitrogens with zero attached hydrogens (tertiary/aromatic N) is 4. The van der Waals surface area contributed by atoms with E-state index in [9.17, 15) is 18.0 Å². The van der Waals surface area contributed by atoms with Crippen molar-refractivity contribution in [2.45, 2.75) is 38.9 Å². The number of hydrogen-bond acceptors (Lipinski definition) is 7. The van der Waals surface area contributed by atoms with Gasteiger partial charge >= 0.3 is 11.7 Å². The lowest BCUT2D eigenvalue weighted by Gasteiger charge is -2.19. The third kappa shape index (κ3) is 4.84. The molecule has 0 bridgehead atoms. The van der Waals surface area contributed by atoms with Crippen molar-refractivity contribution in [1.29, 1.82) is 0 Å². The van der Waals surface area contributed by atoms with Crippen molar-refractivity contribution in [3.63, 3.8) is 0 Å². The quantitative estimate of drug-likeness (QED) is 0.711. The molecule has 11 heteroatoms. The fourth-order valence-electron chi connectivity index (χ4n) is 3.02. The number of aryl methyl sites for hydroxylation is 1. The summed E-state index contributed by atoms with van der Waals surface area (Å²) in [5.74, 6) is 0.0836. The first-order valence-corrected chi connectivity index (χ1v) is 9.19. The molecule has 0 aromatic carbocycles. The van der Waals surface area contributed by atoms with Crippen LogP contribution in [-0.4, -0.2) is 40.1 Å². The van der Waals surface area contributed by atoms with Crippen LogP contribution in [0.25, 0.3) is 0 Å². The number of pyridine rings is 1. The molecule has 1 atom stereocenters. The smallest absolute Gasteiger partial charge is 0.435 e. The van der Waals surface area contributed by atoms with E-state index in [4.69, 9.17) is 9.47 Å². The number of rotatable bonds is 8. The van der Waals surface area contributed by atoms with Crippen LogP contribution in [0.5, 0.6) is 5.88 Å². The lowest BCUT2D eigenvalue weighted by Crippen LogP contribution is -2.34. The van der Waals surface area contributed by atoms with Gasteiger partial charge in [-0.1, -0.05) is 0 Å². The Morgan fingerprint density at radius 1 is 1.31 bits per heavy atom. The zero-order valence-corrected chi connectivity index (χ0v) is 16.3. The van der Waals surface area contributed by atoms with Crippen LogP contribution in [0.1, 0.15) is 37.3 Å². The monoisotopic (exact) mass is 413 g/mol. The van der Waals surface area contributed by atoms with E-state index in [2.05, 4.69) is 20.4 Å². The Morgan fingerprint density at radius 2 is 2.03 bits per heavy atom. The second-order valence-electron chi connectivity index (χ2n) is 6.72. The third-order valence-corrected chi connectivity index (χ3v) is 4.44. The summed E-state index contributed by atoms with van der Waals surface area (Å²) in [5, 5.41) is 6.67. The minimum atomic E-state index is -4.75. The van der Waals surface area contributed by atoms with Crippen molar-refractivity contribution >= 4 is 11.5 Å². The van der Waals surface area contributed by atoms with Gasteiger partial charge in [0.15, 0.2) is 5.69 Å². The van der Waals surface area contributed by atoms with Gasteiger partial charge in [0.05, 0.1) is 24.9 Å². The average molecular weight is 413 g/mol. The number of nitrogens with one attached hydrogen (secondary N) is 1. The number of anilines is 2. The molecule has 0 unspecified atom stereocenters. The number of methoxy groups -OCH3 is 1. The van der Waals surface area contributed by atoms with Gasteiger partial charge in [0.25, 0.3) is 0 Å². The molecule has 29 heavy (non-hydrogen) atoms. The third-order valence-electron chi connectivity index (χ3n) is 4.44. The van der Waals surface area contributed by atoms with Gasteiger partial charge in [-0.15, -0.1) is 0 Å². The number of aromatic nitrogens is 4. The minimum absolute atomic E-state index is 0.157. The van der Waals surface area contributed by atoms with E-state index in [1.165, 1.54) is 17.9 Å². The Kier molecular flexibility index (Phi) is 6.06. The van der Waals surface area contributed by atoms with Crippen molar-refractivity contribution < 1.29 is 22.6 Å². The summed E-state index contributed by atoms with van der Waals surface area (Å²) in [5.41, 5.74) is -2.20. The highest BCUT2D eigenvalue weighted by Gasteiger charge is 2.37. The van der Waals surface area contributed by atoms with E-state index in [0.29, 0.717) is 0 Å². The van der Waals surface area contributed by atoms with Crippen LogP contribution in [0.15, 0.2) is 16.9 Å². The molecule has 0 spiro atoms. The molecular weight excluding hydrogens is 391 g/mol. The lowest BCUT2D eigenvalue weighted by atomic mass is 10.2. The second kappa shape index (κ2) is 8.36. The minimum Gasteiger partial charge on any atom is -0.478 e. The summed E-state index contributed by atoms with van der Waals surface area (Å²) >= 11 is 0. The lowest BCUT2D eigenvalue weighted by molar-refractivity contribution is -0.140. The van der Waals surface area contributed by atoms with Gasteiger partial charge < -0.3 is 14.8 Å². The molecule has 8 nitrogen and oxygen atoms in total. The number of ether oxygens (including phenoxy) is 2. The molecule has 1 aliphatic rings.